The Bertz CT molecular complexity index is 149. The van der Waals surface area contributed by atoms with Crippen LogP contribution in [-0.2, 0) is 0 Å². The summed E-state index contributed by atoms with van der Waals surface area (Å²) in [5.74, 6) is 0. The molecule has 0 aromatic rings. The molecule has 0 aliphatic heterocycles. The minimum Gasteiger partial charge on any atom is -0.103 e. The standard InChI is InChI=1S/C10H18S/c1-6-8-9(11-7-2)10(3,4)5/h7-8H,2,6H2,1,3-5H3/b9-8-. The lowest BCUT2D eigenvalue weighted by Gasteiger charge is -2.20. The van der Waals surface area contributed by atoms with Gasteiger partial charge < -0.3 is 0 Å². The maximum Gasteiger partial charge on any atom is -0.00719 e. The Morgan fingerprint density at radius 2 is 2.00 bits per heavy atom. The van der Waals surface area contributed by atoms with E-state index in [9.17, 15) is 0 Å². The number of thioether (sulfide) groups is 1. The molecule has 0 saturated carbocycles. The first-order valence-electron chi connectivity index (χ1n) is 4.00. The summed E-state index contributed by atoms with van der Waals surface area (Å²) in [7, 11) is 0. The number of hydrogen-bond donors (Lipinski definition) is 0. The fourth-order valence-electron chi connectivity index (χ4n) is 0.806. The number of allylic oxidation sites excluding steroid dienone is 2. The quantitative estimate of drug-likeness (QED) is 0.611. The van der Waals surface area contributed by atoms with Crippen LogP contribution in [0.15, 0.2) is 23.0 Å². The van der Waals surface area contributed by atoms with Crippen molar-refractivity contribution in [2.45, 2.75) is 34.1 Å². The second-order valence-electron chi connectivity index (χ2n) is 3.51. The van der Waals surface area contributed by atoms with Gasteiger partial charge in [-0.15, -0.1) is 11.8 Å². The molecule has 11 heavy (non-hydrogen) atoms. The van der Waals surface area contributed by atoms with E-state index in [1.54, 1.807) is 11.8 Å². The first-order chi connectivity index (χ1) is 5.02. The largest absolute Gasteiger partial charge is 0.103 e. The van der Waals surface area contributed by atoms with Crippen LogP contribution in [0.4, 0.5) is 0 Å². The average Bonchev–Trinajstić information content (AvgIpc) is 1.85. The predicted octanol–water partition coefficient (Wildman–Crippen LogP) is 4.20. The maximum absolute atomic E-state index is 3.72. The molecule has 0 aromatic carbocycles. The lowest BCUT2D eigenvalue weighted by molar-refractivity contribution is 0.532. The summed E-state index contributed by atoms with van der Waals surface area (Å²) < 4.78 is 0. The van der Waals surface area contributed by atoms with Gasteiger partial charge in [0.25, 0.3) is 0 Å². The van der Waals surface area contributed by atoms with Crippen LogP contribution in [0.25, 0.3) is 0 Å². The average molecular weight is 170 g/mol. The fraction of sp³-hybridized carbons (Fsp3) is 0.600. The van der Waals surface area contributed by atoms with E-state index >= 15 is 0 Å². The molecule has 1 heteroatoms. The van der Waals surface area contributed by atoms with Gasteiger partial charge in [0, 0.05) is 0 Å². The molecule has 0 nitrogen and oxygen atoms in total. The van der Waals surface area contributed by atoms with Gasteiger partial charge >= 0.3 is 0 Å². The van der Waals surface area contributed by atoms with Crippen molar-refractivity contribution in [1.29, 1.82) is 0 Å². The zero-order valence-electron chi connectivity index (χ0n) is 7.98. The molecule has 0 N–H and O–H groups in total. The van der Waals surface area contributed by atoms with Crippen LogP contribution in [0.1, 0.15) is 34.1 Å². The second-order valence-corrected chi connectivity index (χ2v) is 4.52. The zero-order chi connectivity index (χ0) is 8.91. The molecular formula is C10H18S. The Balaban J connectivity index is 4.34. The maximum atomic E-state index is 3.72. The molecule has 0 bridgehead atoms. The molecule has 0 saturated heterocycles. The van der Waals surface area contributed by atoms with Gasteiger partial charge in [-0.3, -0.25) is 0 Å². The van der Waals surface area contributed by atoms with Crippen molar-refractivity contribution < 1.29 is 0 Å². The molecule has 0 rings (SSSR count). The Morgan fingerprint density at radius 3 is 2.27 bits per heavy atom. The van der Waals surface area contributed by atoms with Crippen LogP contribution in [-0.4, -0.2) is 0 Å². The van der Waals surface area contributed by atoms with Crippen molar-refractivity contribution in [2.75, 3.05) is 0 Å². The number of rotatable bonds is 3. The molecule has 0 radical (unpaired) electrons. The van der Waals surface area contributed by atoms with Gasteiger partial charge in [-0.2, -0.15) is 0 Å². The highest BCUT2D eigenvalue weighted by molar-refractivity contribution is 8.05. The Kier molecular flexibility index (Phi) is 4.58. The van der Waals surface area contributed by atoms with Crippen LogP contribution in [0.5, 0.6) is 0 Å². The molecule has 0 aromatic heterocycles. The van der Waals surface area contributed by atoms with Crippen LogP contribution < -0.4 is 0 Å². The first-order valence-corrected chi connectivity index (χ1v) is 4.88. The topological polar surface area (TPSA) is 0 Å². The first kappa shape index (κ1) is 10.8. The summed E-state index contributed by atoms with van der Waals surface area (Å²) in [5.41, 5.74) is 0.273. The summed E-state index contributed by atoms with van der Waals surface area (Å²) in [4.78, 5) is 1.41. The van der Waals surface area contributed by atoms with Crippen molar-refractivity contribution in [3.63, 3.8) is 0 Å². The van der Waals surface area contributed by atoms with Gasteiger partial charge in [0.05, 0.1) is 0 Å². The molecule has 0 aliphatic carbocycles. The summed E-state index contributed by atoms with van der Waals surface area (Å²) in [5, 5.41) is 1.90. The van der Waals surface area contributed by atoms with E-state index < -0.39 is 0 Å². The van der Waals surface area contributed by atoms with Gasteiger partial charge in [0.15, 0.2) is 0 Å². The Labute approximate surface area is 74.8 Å². The molecular weight excluding hydrogens is 152 g/mol. The van der Waals surface area contributed by atoms with Gasteiger partial charge in [-0.05, 0) is 22.1 Å². The molecule has 0 fully saturated rings. The zero-order valence-corrected chi connectivity index (χ0v) is 8.79. The SMILES string of the molecule is C=CS/C(=C\CC)C(C)(C)C. The normalized spacial score (nSPS) is 13.3. The highest BCUT2D eigenvalue weighted by Gasteiger charge is 2.15. The van der Waals surface area contributed by atoms with E-state index in [-0.39, 0.29) is 5.41 Å². The van der Waals surface area contributed by atoms with Crippen LogP contribution in [0.3, 0.4) is 0 Å². The van der Waals surface area contributed by atoms with E-state index in [0.717, 1.165) is 6.42 Å². The van der Waals surface area contributed by atoms with Crippen LogP contribution in [0.2, 0.25) is 0 Å². The molecule has 64 valence electrons. The minimum atomic E-state index is 0.273. The molecule has 0 unspecified atom stereocenters. The third-order valence-electron chi connectivity index (χ3n) is 1.34. The van der Waals surface area contributed by atoms with Crippen LogP contribution in [0, 0.1) is 5.41 Å². The molecule has 0 amide bonds. The summed E-state index contributed by atoms with van der Waals surface area (Å²) in [6.07, 6.45) is 3.37. The van der Waals surface area contributed by atoms with Gasteiger partial charge in [-0.25, -0.2) is 0 Å². The third kappa shape index (κ3) is 4.31. The highest BCUT2D eigenvalue weighted by atomic mass is 32.2. The van der Waals surface area contributed by atoms with E-state index in [1.807, 2.05) is 5.41 Å². The molecule has 0 heterocycles. The van der Waals surface area contributed by atoms with Crippen molar-refractivity contribution >= 4 is 11.8 Å². The van der Waals surface area contributed by atoms with Crippen LogP contribution >= 0.6 is 11.8 Å². The molecule has 0 atom stereocenters. The van der Waals surface area contributed by atoms with Crippen molar-refractivity contribution in [1.82, 2.24) is 0 Å². The third-order valence-corrected chi connectivity index (χ3v) is 2.54. The van der Waals surface area contributed by atoms with E-state index in [0.29, 0.717) is 0 Å². The van der Waals surface area contributed by atoms with Crippen molar-refractivity contribution in [3.8, 4) is 0 Å². The monoisotopic (exact) mass is 170 g/mol. The summed E-state index contributed by atoms with van der Waals surface area (Å²) in [6.45, 7) is 12.6. The number of hydrogen-bond acceptors (Lipinski definition) is 1. The van der Waals surface area contributed by atoms with E-state index in [1.165, 1.54) is 4.91 Å². The van der Waals surface area contributed by atoms with Gasteiger partial charge in [0.1, 0.15) is 0 Å². The summed E-state index contributed by atoms with van der Waals surface area (Å²) in [6, 6.07) is 0. The lowest BCUT2D eigenvalue weighted by atomic mass is 9.95. The lowest BCUT2D eigenvalue weighted by Crippen LogP contribution is -2.05. The predicted molar refractivity (Wildman–Crippen MR) is 55.6 cm³/mol. The highest BCUT2D eigenvalue weighted by Crippen LogP contribution is 2.34. The van der Waals surface area contributed by atoms with E-state index in [4.69, 9.17) is 0 Å². The Hall–Kier alpha value is -0.170. The van der Waals surface area contributed by atoms with Crippen molar-refractivity contribution in [2.24, 2.45) is 5.41 Å². The Morgan fingerprint density at radius 1 is 1.45 bits per heavy atom. The summed E-state index contributed by atoms with van der Waals surface area (Å²) >= 11 is 1.73. The minimum absolute atomic E-state index is 0.273. The van der Waals surface area contributed by atoms with Gasteiger partial charge in [0.2, 0.25) is 0 Å². The molecule has 0 spiro atoms. The van der Waals surface area contributed by atoms with E-state index in [2.05, 4.69) is 40.3 Å². The smallest absolute Gasteiger partial charge is 0.00719 e. The molecule has 0 aliphatic rings. The van der Waals surface area contributed by atoms with Crippen molar-refractivity contribution in [3.05, 3.63) is 23.0 Å². The fourth-order valence-corrected chi connectivity index (χ4v) is 1.60. The van der Waals surface area contributed by atoms with Gasteiger partial charge in [-0.1, -0.05) is 40.3 Å². The second kappa shape index (κ2) is 4.66.